The van der Waals surface area contributed by atoms with Crippen molar-refractivity contribution in [1.82, 2.24) is 5.32 Å². The number of hydrogen-bond donors (Lipinski definition) is 1. The predicted octanol–water partition coefficient (Wildman–Crippen LogP) is 4.56. The molecule has 0 aromatic heterocycles. The van der Waals surface area contributed by atoms with Crippen molar-refractivity contribution in [2.24, 2.45) is 0 Å². The Labute approximate surface area is 184 Å². The first kappa shape index (κ1) is 22.6. The Bertz CT molecular complexity index is 1050. The Balaban J connectivity index is 1.83. The Morgan fingerprint density at radius 1 is 1.07 bits per heavy atom. The Morgan fingerprint density at radius 3 is 2.40 bits per heavy atom. The predicted molar refractivity (Wildman–Crippen MR) is 123 cm³/mol. The number of carbonyl (C=O) groups is 1. The lowest BCUT2D eigenvalue weighted by Crippen LogP contribution is -2.48. The summed E-state index contributed by atoms with van der Waals surface area (Å²) in [5.74, 6) is -0.356. The third-order valence-corrected chi connectivity index (χ3v) is 7.19. The van der Waals surface area contributed by atoms with Gasteiger partial charge < -0.3 is 5.32 Å². The zero-order valence-electron chi connectivity index (χ0n) is 17.9. The van der Waals surface area contributed by atoms with Crippen LogP contribution in [0.1, 0.15) is 55.0 Å². The number of hydrogen-bond acceptors (Lipinski definition) is 3. The molecule has 0 spiro atoms. The largest absolute Gasteiger partial charge is 0.348 e. The molecule has 2 atom stereocenters. The number of sulfonamides is 1. The highest BCUT2D eigenvalue weighted by molar-refractivity contribution is 7.92. The van der Waals surface area contributed by atoms with Crippen LogP contribution in [0.5, 0.6) is 0 Å². The van der Waals surface area contributed by atoms with Crippen LogP contribution in [-0.2, 0) is 27.7 Å². The zero-order chi connectivity index (χ0) is 22.1. The summed E-state index contributed by atoms with van der Waals surface area (Å²) in [7, 11) is -3.70. The van der Waals surface area contributed by atoms with Crippen molar-refractivity contribution in [2.45, 2.75) is 58.5 Å². The van der Waals surface area contributed by atoms with Crippen molar-refractivity contribution in [1.29, 1.82) is 0 Å². The summed E-state index contributed by atoms with van der Waals surface area (Å²) >= 11 is 6.10. The van der Waals surface area contributed by atoms with E-state index in [1.807, 2.05) is 6.92 Å². The van der Waals surface area contributed by atoms with Gasteiger partial charge in [0, 0.05) is 5.02 Å². The van der Waals surface area contributed by atoms with Gasteiger partial charge in [-0.2, -0.15) is 0 Å². The molecular weight excluding hydrogens is 420 g/mol. The van der Waals surface area contributed by atoms with Gasteiger partial charge in [-0.25, -0.2) is 8.42 Å². The third kappa shape index (κ3) is 4.98. The number of halogens is 1. The number of fused-ring (bicyclic) bond motifs is 1. The van der Waals surface area contributed by atoms with Crippen molar-refractivity contribution in [3.05, 3.63) is 63.7 Å². The molecule has 1 amide bonds. The molecule has 1 aliphatic carbocycles. The molecule has 0 saturated heterocycles. The van der Waals surface area contributed by atoms with Crippen molar-refractivity contribution in [2.75, 3.05) is 10.6 Å². The van der Waals surface area contributed by atoms with Crippen LogP contribution < -0.4 is 9.62 Å². The van der Waals surface area contributed by atoms with Gasteiger partial charge in [0.15, 0.2) is 0 Å². The van der Waals surface area contributed by atoms with Crippen LogP contribution in [-0.4, -0.2) is 26.6 Å². The molecule has 0 radical (unpaired) electrons. The van der Waals surface area contributed by atoms with Gasteiger partial charge in [0.1, 0.15) is 6.04 Å². The van der Waals surface area contributed by atoms with Crippen LogP contribution >= 0.6 is 11.6 Å². The van der Waals surface area contributed by atoms with E-state index in [0.717, 1.165) is 34.5 Å². The second-order valence-corrected chi connectivity index (χ2v) is 10.4. The molecule has 7 heteroatoms. The summed E-state index contributed by atoms with van der Waals surface area (Å²) in [5, 5.41) is 3.40. The van der Waals surface area contributed by atoms with Gasteiger partial charge in [0.2, 0.25) is 15.9 Å². The van der Waals surface area contributed by atoms with Gasteiger partial charge in [-0.1, -0.05) is 35.9 Å². The van der Waals surface area contributed by atoms with Crippen LogP contribution in [0.4, 0.5) is 5.69 Å². The summed E-state index contributed by atoms with van der Waals surface area (Å²) in [6.07, 6.45) is 5.69. The quantitative estimate of drug-likeness (QED) is 0.704. The molecule has 0 unspecified atom stereocenters. The highest BCUT2D eigenvalue weighted by atomic mass is 35.5. The number of anilines is 1. The Kier molecular flexibility index (Phi) is 6.78. The van der Waals surface area contributed by atoms with Gasteiger partial charge in [0.25, 0.3) is 0 Å². The van der Waals surface area contributed by atoms with E-state index in [-0.39, 0.29) is 11.9 Å². The second kappa shape index (κ2) is 8.98. The SMILES string of the molecule is Cc1ccc(Cl)cc1N([C@H](C)C(=O)N[C@@H](C)c1ccc2c(c1)CCCC2)S(C)(=O)=O. The van der Waals surface area contributed by atoms with Crippen LogP contribution in [0.15, 0.2) is 36.4 Å². The van der Waals surface area contributed by atoms with Crippen molar-refractivity contribution in [3.63, 3.8) is 0 Å². The first-order chi connectivity index (χ1) is 14.1. The molecule has 1 aliphatic rings. The molecule has 5 nitrogen and oxygen atoms in total. The molecule has 0 bridgehead atoms. The van der Waals surface area contributed by atoms with Crippen molar-refractivity contribution < 1.29 is 13.2 Å². The molecule has 2 aromatic carbocycles. The number of nitrogens with zero attached hydrogens (tertiary/aromatic N) is 1. The van der Waals surface area contributed by atoms with Gasteiger partial charge >= 0.3 is 0 Å². The molecule has 0 fully saturated rings. The second-order valence-electron chi connectivity index (χ2n) is 8.13. The highest BCUT2D eigenvalue weighted by Crippen LogP contribution is 2.29. The topological polar surface area (TPSA) is 66.5 Å². The van der Waals surface area contributed by atoms with Crippen molar-refractivity contribution >= 4 is 33.2 Å². The van der Waals surface area contributed by atoms with Gasteiger partial charge in [-0.05, 0) is 80.8 Å². The molecule has 0 aliphatic heterocycles. The fourth-order valence-electron chi connectivity index (χ4n) is 4.04. The Morgan fingerprint density at radius 2 is 1.73 bits per heavy atom. The van der Waals surface area contributed by atoms with E-state index in [0.29, 0.717) is 10.7 Å². The summed E-state index contributed by atoms with van der Waals surface area (Å²) in [6.45, 7) is 5.31. The fourth-order valence-corrected chi connectivity index (χ4v) is 5.43. The molecule has 2 aromatic rings. The maximum Gasteiger partial charge on any atom is 0.244 e. The number of amides is 1. The lowest BCUT2D eigenvalue weighted by Gasteiger charge is -2.30. The van der Waals surface area contributed by atoms with E-state index in [1.54, 1.807) is 32.0 Å². The van der Waals surface area contributed by atoms with E-state index in [9.17, 15) is 13.2 Å². The Hall–Kier alpha value is -2.05. The monoisotopic (exact) mass is 448 g/mol. The lowest BCUT2D eigenvalue weighted by atomic mass is 9.89. The summed E-state index contributed by atoms with van der Waals surface area (Å²) < 4.78 is 26.3. The molecule has 0 heterocycles. The average Bonchev–Trinajstić information content (AvgIpc) is 2.69. The van der Waals surface area contributed by atoms with Gasteiger partial charge in [-0.15, -0.1) is 0 Å². The molecular formula is C23H29ClN2O3S. The van der Waals surface area contributed by atoms with E-state index < -0.39 is 16.1 Å². The van der Waals surface area contributed by atoms with E-state index in [4.69, 9.17) is 11.6 Å². The lowest BCUT2D eigenvalue weighted by molar-refractivity contribution is -0.122. The molecule has 3 rings (SSSR count). The van der Waals surface area contributed by atoms with E-state index in [2.05, 4.69) is 23.5 Å². The highest BCUT2D eigenvalue weighted by Gasteiger charge is 2.31. The third-order valence-electron chi connectivity index (χ3n) is 5.73. The minimum atomic E-state index is -3.70. The van der Waals surface area contributed by atoms with Crippen molar-refractivity contribution in [3.8, 4) is 0 Å². The minimum Gasteiger partial charge on any atom is -0.348 e. The number of rotatable bonds is 6. The normalized spacial score (nSPS) is 15.8. The maximum atomic E-state index is 13.0. The first-order valence-electron chi connectivity index (χ1n) is 10.3. The van der Waals surface area contributed by atoms with Crippen LogP contribution in [0.3, 0.4) is 0 Å². The molecule has 30 heavy (non-hydrogen) atoms. The summed E-state index contributed by atoms with van der Waals surface area (Å²) in [4.78, 5) is 13.0. The fraction of sp³-hybridized carbons (Fsp3) is 0.435. The summed E-state index contributed by atoms with van der Waals surface area (Å²) in [6, 6.07) is 10.2. The number of carbonyl (C=O) groups excluding carboxylic acids is 1. The van der Waals surface area contributed by atoms with Crippen LogP contribution in [0, 0.1) is 6.92 Å². The van der Waals surface area contributed by atoms with E-state index in [1.165, 1.54) is 24.0 Å². The summed E-state index contributed by atoms with van der Waals surface area (Å²) in [5.41, 5.74) is 4.90. The first-order valence-corrected chi connectivity index (χ1v) is 12.5. The van der Waals surface area contributed by atoms with Gasteiger partial charge in [-0.3, -0.25) is 9.10 Å². The minimum absolute atomic E-state index is 0.228. The number of benzene rings is 2. The van der Waals surface area contributed by atoms with Crippen LogP contribution in [0.25, 0.3) is 0 Å². The molecule has 162 valence electrons. The standard InChI is InChI=1S/C23H29ClN2O3S/c1-15-9-12-21(24)14-22(15)26(30(4,28)29)17(3)23(27)25-16(2)19-11-10-18-7-5-6-8-20(18)13-19/h9-14,16-17H,5-8H2,1-4H3,(H,25,27)/t16-,17+/m0/s1. The number of aryl methyl sites for hydroxylation is 3. The maximum absolute atomic E-state index is 13.0. The van der Waals surface area contributed by atoms with Crippen LogP contribution in [0.2, 0.25) is 5.02 Å². The average molecular weight is 449 g/mol. The molecule has 1 N–H and O–H groups in total. The zero-order valence-corrected chi connectivity index (χ0v) is 19.5. The number of nitrogens with one attached hydrogen (secondary N) is 1. The molecule has 0 saturated carbocycles. The smallest absolute Gasteiger partial charge is 0.244 e. The van der Waals surface area contributed by atoms with E-state index >= 15 is 0 Å². The van der Waals surface area contributed by atoms with Gasteiger partial charge in [0.05, 0.1) is 18.0 Å².